The molecule has 0 atom stereocenters. The summed E-state index contributed by atoms with van der Waals surface area (Å²) in [5.74, 6) is -0.0656. The Morgan fingerprint density at radius 2 is 1.90 bits per heavy atom. The molecule has 0 fully saturated rings. The number of halogens is 1. The van der Waals surface area contributed by atoms with Crippen LogP contribution < -0.4 is 16.2 Å². The molecule has 0 saturated heterocycles. The molecule has 2 rings (SSSR count). The summed E-state index contributed by atoms with van der Waals surface area (Å²) in [4.78, 5) is 15.9. The Balaban J connectivity index is 2.65. The first-order valence-electron chi connectivity index (χ1n) is 5.96. The van der Waals surface area contributed by atoms with Gasteiger partial charge in [0.2, 0.25) is 0 Å². The molecule has 0 bridgehead atoms. The average molecular weight is 308 g/mol. The van der Waals surface area contributed by atoms with Crippen molar-refractivity contribution in [2.75, 3.05) is 25.7 Å². The molecule has 1 heterocycles. The largest absolute Gasteiger partial charge is 0.497 e. The number of carbonyl (C=O) groups excluding carboxylic acids is 1. The fourth-order valence-electron chi connectivity index (χ4n) is 1.80. The lowest BCUT2D eigenvalue weighted by Gasteiger charge is -2.11. The van der Waals surface area contributed by atoms with E-state index in [1.54, 1.807) is 31.4 Å². The normalized spacial score (nSPS) is 10.2. The lowest BCUT2D eigenvalue weighted by atomic mass is 10.1. The molecule has 110 valence electrons. The van der Waals surface area contributed by atoms with Crippen molar-refractivity contribution in [2.24, 2.45) is 0 Å². The number of nitrogens with two attached hydrogens (primary N) is 2. The van der Waals surface area contributed by atoms with Gasteiger partial charge in [-0.05, 0) is 24.3 Å². The van der Waals surface area contributed by atoms with Gasteiger partial charge in [0.05, 0.1) is 30.6 Å². The quantitative estimate of drug-likeness (QED) is 0.667. The zero-order valence-electron chi connectivity index (χ0n) is 11.5. The third kappa shape index (κ3) is 2.85. The lowest BCUT2D eigenvalue weighted by molar-refractivity contribution is 0.0594. The van der Waals surface area contributed by atoms with Gasteiger partial charge < -0.3 is 20.9 Å². The Morgan fingerprint density at radius 3 is 2.52 bits per heavy atom. The van der Waals surface area contributed by atoms with Crippen LogP contribution in [0.25, 0.3) is 11.3 Å². The van der Waals surface area contributed by atoms with Crippen molar-refractivity contribution in [1.29, 1.82) is 0 Å². The standard InChI is InChI=1S/C14H14ClN3O3/c1-20-7-3-4-9(16)8(5-7)11-6-10(17)12(15)13(18-11)14(19)21-2/h3-6H,16H2,1-2H3,(H2,17,18). The van der Waals surface area contributed by atoms with Gasteiger partial charge in [0.25, 0.3) is 0 Å². The highest BCUT2D eigenvalue weighted by atomic mass is 35.5. The van der Waals surface area contributed by atoms with Gasteiger partial charge in [-0.1, -0.05) is 11.6 Å². The van der Waals surface area contributed by atoms with E-state index < -0.39 is 5.97 Å². The SMILES string of the molecule is COC(=O)c1nc(-c2cc(OC)ccc2N)cc(N)c1Cl. The topological polar surface area (TPSA) is 100 Å². The second-order valence-electron chi connectivity index (χ2n) is 4.20. The highest BCUT2D eigenvalue weighted by molar-refractivity contribution is 6.35. The zero-order chi connectivity index (χ0) is 15.6. The van der Waals surface area contributed by atoms with Gasteiger partial charge in [0.15, 0.2) is 5.69 Å². The maximum absolute atomic E-state index is 11.7. The van der Waals surface area contributed by atoms with Crippen LogP contribution >= 0.6 is 11.6 Å². The number of pyridine rings is 1. The first-order valence-corrected chi connectivity index (χ1v) is 6.34. The van der Waals surface area contributed by atoms with E-state index in [1.165, 1.54) is 7.11 Å². The van der Waals surface area contributed by atoms with Crippen LogP contribution in [0.5, 0.6) is 5.75 Å². The average Bonchev–Trinajstić information content (AvgIpc) is 2.49. The van der Waals surface area contributed by atoms with E-state index in [0.29, 0.717) is 22.7 Å². The molecule has 0 unspecified atom stereocenters. The summed E-state index contributed by atoms with van der Waals surface area (Å²) in [6, 6.07) is 6.64. The molecule has 2 aromatic rings. The number of nitrogens with zero attached hydrogens (tertiary/aromatic N) is 1. The number of rotatable bonds is 3. The van der Waals surface area contributed by atoms with Gasteiger partial charge in [-0.2, -0.15) is 0 Å². The highest BCUT2D eigenvalue weighted by Crippen LogP contribution is 2.33. The van der Waals surface area contributed by atoms with E-state index in [1.807, 2.05) is 0 Å². The van der Waals surface area contributed by atoms with Crippen molar-refractivity contribution >= 4 is 28.9 Å². The maximum atomic E-state index is 11.7. The van der Waals surface area contributed by atoms with E-state index >= 15 is 0 Å². The molecule has 4 N–H and O–H groups in total. The van der Waals surface area contributed by atoms with Gasteiger partial charge in [0, 0.05) is 11.3 Å². The Labute approximate surface area is 126 Å². The molecule has 7 heteroatoms. The molecular formula is C14H14ClN3O3. The van der Waals surface area contributed by atoms with Crippen molar-refractivity contribution < 1.29 is 14.3 Å². The van der Waals surface area contributed by atoms with Gasteiger partial charge in [-0.25, -0.2) is 9.78 Å². The predicted octanol–water partition coefficient (Wildman–Crippen LogP) is 2.36. The van der Waals surface area contributed by atoms with Crippen LogP contribution in [0.3, 0.4) is 0 Å². The molecule has 0 amide bonds. The highest BCUT2D eigenvalue weighted by Gasteiger charge is 2.18. The lowest BCUT2D eigenvalue weighted by Crippen LogP contribution is -2.08. The molecule has 0 saturated carbocycles. The maximum Gasteiger partial charge on any atom is 0.358 e. The summed E-state index contributed by atoms with van der Waals surface area (Å²) < 4.78 is 9.79. The Hall–Kier alpha value is -2.47. The molecule has 21 heavy (non-hydrogen) atoms. The van der Waals surface area contributed by atoms with Gasteiger partial charge in [-0.15, -0.1) is 0 Å². The van der Waals surface area contributed by atoms with Crippen LogP contribution in [0.1, 0.15) is 10.5 Å². The number of carbonyl (C=O) groups is 1. The van der Waals surface area contributed by atoms with E-state index in [-0.39, 0.29) is 16.4 Å². The van der Waals surface area contributed by atoms with Crippen LogP contribution in [0, 0.1) is 0 Å². The van der Waals surface area contributed by atoms with Crippen LogP contribution in [-0.4, -0.2) is 25.2 Å². The number of nitrogen functional groups attached to an aromatic ring is 2. The summed E-state index contributed by atoms with van der Waals surface area (Å²) in [5, 5.41) is 0.0482. The number of hydrogen-bond acceptors (Lipinski definition) is 6. The molecule has 0 aliphatic rings. The molecule has 0 aliphatic carbocycles. The summed E-state index contributed by atoms with van der Waals surface area (Å²) in [5.41, 5.74) is 13.4. The molecule has 0 spiro atoms. The number of ether oxygens (including phenoxy) is 2. The zero-order valence-corrected chi connectivity index (χ0v) is 12.3. The Morgan fingerprint density at radius 1 is 1.19 bits per heavy atom. The van der Waals surface area contributed by atoms with Gasteiger partial charge >= 0.3 is 5.97 Å². The fourth-order valence-corrected chi connectivity index (χ4v) is 1.98. The van der Waals surface area contributed by atoms with Crippen molar-refractivity contribution in [3.8, 4) is 17.0 Å². The second-order valence-corrected chi connectivity index (χ2v) is 4.58. The Kier molecular flexibility index (Phi) is 4.18. The number of methoxy groups -OCH3 is 2. The van der Waals surface area contributed by atoms with Gasteiger partial charge in [0.1, 0.15) is 5.75 Å². The number of anilines is 2. The van der Waals surface area contributed by atoms with E-state index in [9.17, 15) is 4.79 Å². The van der Waals surface area contributed by atoms with Crippen molar-refractivity contribution in [3.05, 3.63) is 35.0 Å². The molecule has 6 nitrogen and oxygen atoms in total. The monoisotopic (exact) mass is 307 g/mol. The summed E-state index contributed by atoms with van der Waals surface area (Å²) in [6.07, 6.45) is 0. The minimum atomic E-state index is -0.671. The third-order valence-corrected chi connectivity index (χ3v) is 3.30. The first kappa shape index (κ1) is 14.9. The molecular weight excluding hydrogens is 294 g/mol. The van der Waals surface area contributed by atoms with Gasteiger partial charge in [-0.3, -0.25) is 0 Å². The first-order chi connectivity index (χ1) is 9.97. The number of benzene rings is 1. The van der Waals surface area contributed by atoms with E-state index in [4.69, 9.17) is 27.8 Å². The summed E-state index contributed by atoms with van der Waals surface area (Å²) >= 11 is 5.98. The van der Waals surface area contributed by atoms with Crippen molar-refractivity contribution in [2.45, 2.75) is 0 Å². The van der Waals surface area contributed by atoms with E-state index in [0.717, 1.165) is 0 Å². The number of esters is 1. The minimum Gasteiger partial charge on any atom is -0.497 e. The van der Waals surface area contributed by atoms with Crippen LogP contribution in [0.4, 0.5) is 11.4 Å². The minimum absolute atomic E-state index is 0.0482. The van der Waals surface area contributed by atoms with Crippen LogP contribution in [-0.2, 0) is 4.74 Å². The third-order valence-electron chi connectivity index (χ3n) is 2.90. The molecule has 0 radical (unpaired) electrons. The number of hydrogen-bond donors (Lipinski definition) is 2. The smallest absolute Gasteiger partial charge is 0.358 e. The summed E-state index contributed by atoms with van der Waals surface area (Å²) in [7, 11) is 2.78. The van der Waals surface area contributed by atoms with Crippen LogP contribution in [0.15, 0.2) is 24.3 Å². The Bertz CT molecular complexity index is 704. The molecule has 1 aromatic carbocycles. The molecule has 0 aliphatic heterocycles. The summed E-state index contributed by atoms with van der Waals surface area (Å²) in [6.45, 7) is 0. The van der Waals surface area contributed by atoms with E-state index in [2.05, 4.69) is 9.72 Å². The van der Waals surface area contributed by atoms with Crippen LogP contribution in [0.2, 0.25) is 5.02 Å². The number of aromatic nitrogens is 1. The predicted molar refractivity (Wildman–Crippen MR) is 81.4 cm³/mol. The fraction of sp³-hybridized carbons (Fsp3) is 0.143. The van der Waals surface area contributed by atoms with Crippen molar-refractivity contribution in [3.63, 3.8) is 0 Å². The van der Waals surface area contributed by atoms with Crippen molar-refractivity contribution in [1.82, 2.24) is 4.98 Å². The molecule has 1 aromatic heterocycles. The second kappa shape index (κ2) is 5.88.